The molecule has 106 heavy (non-hydrogen) atoms. The average Bonchev–Trinajstić information content (AvgIpc) is 1.46. The van der Waals surface area contributed by atoms with E-state index in [1.807, 2.05) is 0 Å². The minimum absolute atomic E-state index is 0.0523. The third kappa shape index (κ3) is 7.70. The molecule has 0 fully saturated rings. The highest BCUT2D eigenvalue weighted by atomic mass is 31.2. The topological polar surface area (TPSA) is 74.6 Å². The molecule has 0 aliphatic carbocycles. The smallest absolute Gasteiger partial charge is 0.354 e. The van der Waals surface area contributed by atoms with Crippen molar-refractivity contribution in [1.29, 1.82) is 0 Å². The summed E-state index contributed by atoms with van der Waals surface area (Å²) in [4.78, 5) is 2.09. The first kappa shape index (κ1) is 67.7. The Morgan fingerprint density at radius 2 is 0.415 bits per heavy atom. The van der Waals surface area contributed by atoms with Crippen molar-refractivity contribution in [2.24, 2.45) is 0 Å². The van der Waals surface area contributed by atoms with E-state index in [2.05, 4.69) is 4.98 Å². The Labute approximate surface area is 560 Å². The number of nitrogens with zero attached hydrogens (tertiary/aromatic N) is 5. The van der Waals surface area contributed by atoms with Gasteiger partial charge < -0.3 is 4.98 Å². The predicted octanol–water partition coefficient (Wildman–Crippen LogP) is 13.2. The van der Waals surface area contributed by atoms with Gasteiger partial charge in [-0.05, 0) is 66.7 Å². The molecule has 0 spiro atoms. The number of H-pyrrole nitrogens is 1. The fourth-order valence-corrected chi connectivity index (χ4v) is 20.7. The number of fused-ring (bicyclic) bond motifs is 1. The third-order valence-electron chi connectivity index (χ3n) is 18.6. The zero-order chi connectivity index (χ0) is 76.1. The number of benzene rings is 6. The number of rotatable bonds is 6. The molecule has 17 rings (SSSR count). The predicted molar refractivity (Wildman–Crippen MR) is 300 cm³/mol. The van der Waals surface area contributed by atoms with Crippen LogP contribution in [0.4, 0.5) is 132 Å². The van der Waals surface area contributed by atoms with Gasteiger partial charge in [0, 0.05) is 38.8 Å². The molecule has 5 aliphatic rings. The van der Waals surface area contributed by atoms with E-state index in [0.29, 0.717) is 24.3 Å². The summed E-state index contributed by atoms with van der Waals surface area (Å²) in [5.74, 6) is -90.4. The van der Waals surface area contributed by atoms with Gasteiger partial charge in [0.15, 0.2) is 140 Å². The normalized spacial score (nSPS) is 16.6. The van der Waals surface area contributed by atoms with Crippen LogP contribution in [0.5, 0.6) is 0 Å². The van der Waals surface area contributed by atoms with Crippen LogP contribution in [-0.4, -0.2) is 26.7 Å². The number of hydrogen-bond donors (Lipinski definition) is 1. The zero-order valence-corrected chi connectivity index (χ0v) is 51.4. The second kappa shape index (κ2) is 21.6. The lowest BCUT2D eigenvalue weighted by Crippen LogP contribution is -2.45. The van der Waals surface area contributed by atoms with E-state index in [-0.39, 0.29) is 64.2 Å². The summed E-state index contributed by atoms with van der Waals surface area (Å²) in [6, 6.07) is 2.72. The van der Waals surface area contributed by atoms with Crippen LogP contribution < -0.4 is 37.4 Å². The van der Waals surface area contributed by atoms with E-state index >= 15 is 141 Å². The Morgan fingerprint density at radius 3 is 0.679 bits per heavy atom. The molecule has 12 aromatic rings. The molecule has 6 aromatic carbocycles. The third-order valence-corrected chi connectivity index (χ3v) is 24.3. The van der Waals surface area contributed by atoms with Crippen molar-refractivity contribution in [1.82, 2.24) is 26.7 Å². The van der Waals surface area contributed by atoms with E-state index in [1.165, 1.54) is 0 Å². The average molecular weight is 1550 g/mol. The highest BCUT2D eigenvalue weighted by molar-refractivity contribution is 7.69. The Bertz CT molecular complexity index is 6760. The first-order valence-corrected chi connectivity index (χ1v) is 32.1. The van der Waals surface area contributed by atoms with Crippen molar-refractivity contribution in [2.75, 3.05) is 0 Å². The van der Waals surface area contributed by atoms with Gasteiger partial charge in [0.25, 0.3) is 0 Å². The molecule has 2 atom stereocenters. The molecule has 11 heterocycles. The van der Waals surface area contributed by atoms with Crippen molar-refractivity contribution < 1.29 is 141 Å². The van der Waals surface area contributed by atoms with Gasteiger partial charge in [-0.1, -0.05) is 0 Å². The molecule has 8 nitrogen and oxygen atoms in total. The lowest BCUT2D eigenvalue weighted by Gasteiger charge is -2.37. The first-order valence-electron chi connectivity index (χ1n) is 28.9. The van der Waals surface area contributed by atoms with Gasteiger partial charge in [0.05, 0.1) is 99.6 Å². The fourth-order valence-electron chi connectivity index (χ4n) is 14.3. The molecule has 40 heteroatoms. The Hall–Kier alpha value is -11.4. The maximum atomic E-state index is 18.3. The summed E-state index contributed by atoms with van der Waals surface area (Å²) in [5, 5.41) is -11.2. The van der Waals surface area contributed by atoms with Crippen molar-refractivity contribution in [3.05, 3.63) is 341 Å². The summed E-state index contributed by atoms with van der Waals surface area (Å²) < 4.78 is 527. The number of halogens is 30. The van der Waals surface area contributed by atoms with Gasteiger partial charge in [-0.3, -0.25) is 26.3 Å². The number of aromatic nitrogens is 6. The molecular formula is C66H12F30N6O2P2. The van der Waals surface area contributed by atoms with E-state index < -0.39 is 328 Å². The molecule has 0 saturated heterocycles. The maximum absolute atomic E-state index is 18.3. The second-order valence-corrected chi connectivity index (χ2v) is 28.1. The standard InChI is InChI=1S/C66H12F30N6O2P2/c67-36-30(37(68)49(80)60(91)48(36)79)24-12-11-23-66(97-12)29(35-46(77)58(89)65(96)59(90)47(35)78)22-10-4-15-25(31-38(69)50(81)61(92)51(82)39(31)70)14-2-3-16(98(14)105(23,103)99(15)22)26(32-40(71)52(83)62(93)53(84)41(32)72)17-6-7-20-28(34-44(75)56(87)64(95)57(88)45(34)76)21-9-8-19-27(33-42(73)54(85)63(94)55(86)43(33)74)18-5-1-13(24)100(18)106(104,101(17)20)102(19)21/h1-11,97H. The number of nitrogens with one attached hydrogen (secondary N) is 1. The second-order valence-electron chi connectivity index (χ2n) is 23.5. The van der Waals surface area contributed by atoms with Gasteiger partial charge in [0.1, 0.15) is 0 Å². The Morgan fingerprint density at radius 1 is 0.217 bits per heavy atom. The summed E-state index contributed by atoms with van der Waals surface area (Å²) in [6.07, 6.45) is 0. The Kier molecular flexibility index (Phi) is 13.8. The van der Waals surface area contributed by atoms with Crippen LogP contribution >= 0.6 is 15.0 Å². The quantitative estimate of drug-likeness (QED) is 0.0780. The fraction of sp³-hybridized carbons (Fsp3) is 0. The molecule has 0 radical (unpaired) electrons. The molecule has 0 amide bonds. The summed E-state index contributed by atoms with van der Waals surface area (Å²) in [5.41, 5.74) is -34.8. The molecular weight excluding hydrogens is 1540 g/mol. The van der Waals surface area contributed by atoms with Gasteiger partial charge in [-0.15, -0.1) is 0 Å². The van der Waals surface area contributed by atoms with Crippen LogP contribution in [0.2, 0.25) is 0 Å². The van der Waals surface area contributed by atoms with Crippen molar-refractivity contribution in [3.8, 4) is 0 Å². The van der Waals surface area contributed by atoms with Gasteiger partial charge >= 0.3 is 15.0 Å². The zero-order valence-electron chi connectivity index (χ0n) is 49.6. The molecule has 538 valence electrons. The Balaban J connectivity index is 1.25. The van der Waals surface area contributed by atoms with E-state index in [1.54, 1.807) is 0 Å². The van der Waals surface area contributed by atoms with Crippen LogP contribution in [0, 0.1) is 175 Å². The van der Waals surface area contributed by atoms with Crippen LogP contribution in [0.3, 0.4) is 0 Å². The number of hydrogen-bond acceptors (Lipinski definition) is 2. The summed E-state index contributed by atoms with van der Waals surface area (Å²) >= 11 is 0. The minimum Gasteiger partial charge on any atom is -0.354 e. The van der Waals surface area contributed by atoms with Crippen LogP contribution in [0.25, 0.3) is 33.4 Å². The molecule has 5 aliphatic heterocycles. The SMILES string of the molecule is O=P12c3cc4[nH]c3=C(c3c(F)c(F)c(F)c(F)c3F)c3ccc(n31)C(c1c(F)c(F)c(F)c(F)c1F)=c1ccc(n12)=C(c1c(F)c(F)c(F)c(F)c1F)c1ccc2n1P1(=O)n3c(ccc3C(c3c(F)c(F)c(F)c(F)c3F)=c3ccc(n31)=C2c1c(F)c(F)c(F)c(F)c1F)C=4c1c(F)c(F)c(F)c(F)c1F. The van der Waals surface area contributed by atoms with Crippen LogP contribution in [0.1, 0.15) is 67.5 Å². The van der Waals surface area contributed by atoms with Crippen molar-refractivity contribution in [2.45, 2.75) is 0 Å². The molecule has 2 bridgehead atoms. The summed E-state index contributed by atoms with van der Waals surface area (Å²) in [7, 11) is -13.5. The van der Waals surface area contributed by atoms with E-state index in [9.17, 15) is 0 Å². The maximum Gasteiger partial charge on any atom is 0.373 e. The molecule has 1 N–H and O–H groups in total. The van der Waals surface area contributed by atoms with Crippen LogP contribution in [-0.2, 0) is 9.13 Å². The molecule has 2 unspecified atom stereocenters. The van der Waals surface area contributed by atoms with E-state index in [4.69, 9.17) is 0 Å². The lowest BCUT2D eigenvalue weighted by molar-refractivity contribution is 0.376. The van der Waals surface area contributed by atoms with Gasteiger partial charge in [-0.2, -0.15) is 0 Å². The largest absolute Gasteiger partial charge is 0.373 e. The monoisotopic (exact) mass is 1550 g/mol. The van der Waals surface area contributed by atoms with Gasteiger partial charge in [-0.25, -0.2) is 136 Å². The lowest BCUT2D eigenvalue weighted by atomic mass is 10.00. The highest BCUT2D eigenvalue weighted by Gasteiger charge is 2.53. The number of aromatic amines is 1. The van der Waals surface area contributed by atoms with Gasteiger partial charge in [0.2, 0.25) is 34.9 Å². The highest BCUT2D eigenvalue weighted by Crippen LogP contribution is 2.62. The van der Waals surface area contributed by atoms with Crippen molar-refractivity contribution >= 4 is 53.8 Å². The van der Waals surface area contributed by atoms with Crippen molar-refractivity contribution in [3.63, 3.8) is 0 Å². The molecule has 6 aromatic heterocycles. The van der Waals surface area contributed by atoms with E-state index in [0.717, 1.165) is 0 Å². The first-order chi connectivity index (χ1) is 49.9. The van der Waals surface area contributed by atoms with Crippen LogP contribution in [0.15, 0.2) is 66.7 Å². The minimum atomic E-state index is -6.93. The molecule has 0 saturated carbocycles. The summed E-state index contributed by atoms with van der Waals surface area (Å²) in [6.45, 7) is 0.